The summed E-state index contributed by atoms with van der Waals surface area (Å²) in [7, 11) is 1.40. The molecule has 1 fully saturated rings. The smallest absolute Gasteiger partial charge is 0.257 e. The van der Waals surface area contributed by atoms with Gasteiger partial charge in [0, 0.05) is 18.3 Å². The zero-order valence-electron chi connectivity index (χ0n) is 19.7. The van der Waals surface area contributed by atoms with Gasteiger partial charge in [-0.2, -0.15) is 0 Å². The summed E-state index contributed by atoms with van der Waals surface area (Å²) in [5.41, 5.74) is 3.27. The second-order valence-electron chi connectivity index (χ2n) is 8.51. The van der Waals surface area contributed by atoms with Gasteiger partial charge < -0.3 is 14.8 Å². The summed E-state index contributed by atoms with van der Waals surface area (Å²) < 4.78 is 24.9. The van der Waals surface area contributed by atoms with Crippen LogP contribution in [0.15, 0.2) is 60.8 Å². The Balaban J connectivity index is 1.61. The Kier molecular flexibility index (Phi) is 7.55. The third-order valence-electron chi connectivity index (χ3n) is 5.69. The molecule has 0 aliphatic heterocycles. The van der Waals surface area contributed by atoms with Crippen LogP contribution >= 0.6 is 0 Å². The number of ketones is 1. The Labute approximate surface area is 203 Å². The van der Waals surface area contributed by atoms with Crippen LogP contribution in [0.4, 0.5) is 4.39 Å². The summed E-state index contributed by atoms with van der Waals surface area (Å²) in [6.07, 6.45) is 7.13. The van der Waals surface area contributed by atoms with Gasteiger partial charge in [0.2, 0.25) is 5.88 Å². The molecule has 7 heteroatoms. The molecule has 0 radical (unpaired) electrons. The number of methoxy groups -OCH3 is 1. The van der Waals surface area contributed by atoms with E-state index in [0.717, 1.165) is 24.0 Å². The Bertz CT molecular complexity index is 1270. The highest BCUT2D eigenvalue weighted by Gasteiger charge is 2.24. The largest absolute Gasteiger partial charge is 0.494 e. The van der Waals surface area contributed by atoms with Gasteiger partial charge in [0.1, 0.15) is 5.56 Å². The number of rotatable bonds is 10. The minimum Gasteiger partial charge on any atom is -0.494 e. The highest BCUT2D eigenvalue weighted by Crippen LogP contribution is 2.32. The van der Waals surface area contributed by atoms with Gasteiger partial charge in [-0.3, -0.25) is 9.59 Å². The van der Waals surface area contributed by atoms with Gasteiger partial charge in [0.25, 0.3) is 5.91 Å². The summed E-state index contributed by atoms with van der Waals surface area (Å²) in [5.74, 6) is -0.0327. The molecule has 1 aliphatic carbocycles. The number of carbonyl (C=O) groups excluding carboxylic acids is 2. The van der Waals surface area contributed by atoms with Crippen LogP contribution in [0, 0.1) is 11.7 Å². The molecule has 2 aromatic carbocycles. The van der Waals surface area contributed by atoms with Crippen LogP contribution in [-0.2, 0) is 11.3 Å². The van der Waals surface area contributed by atoms with Gasteiger partial charge in [-0.25, -0.2) is 9.37 Å². The first-order valence-corrected chi connectivity index (χ1v) is 11.5. The molecule has 0 saturated heterocycles. The van der Waals surface area contributed by atoms with Crippen molar-refractivity contribution >= 4 is 17.8 Å². The lowest BCUT2D eigenvalue weighted by Crippen LogP contribution is -2.24. The number of nitrogens with zero attached hydrogens (tertiary/aromatic N) is 1. The average Bonchev–Trinajstić information content (AvgIpc) is 3.69. The Hall–Kier alpha value is -4.00. The highest BCUT2D eigenvalue weighted by molar-refractivity contribution is 5.98. The van der Waals surface area contributed by atoms with Crippen molar-refractivity contribution in [2.75, 3.05) is 13.7 Å². The van der Waals surface area contributed by atoms with Crippen LogP contribution in [0.5, 0.6) is 11.6 Å². The summed E-state index contributed by atoms with van der Waals surface area (Å²) in [6.45, 7) is 2.13. The molecule has 35 heavy (non-hydrogen) atoms. The SMILES string of the molecule is COc1ccc(CNC(=O)c2cc(-c3ccccc3/C=C\C(C)=O)cnc2OCC2CC2)cc1F. The van der Waals surface area contributed by atoms with Crippen molar-refractivity contribution < 1.29 is 23.5 Å². The number of halogens is 1. The van der Waals surface area contributed by atoms with E-state index in [9.17, 15) is 14.0 Å². The van der Waals surface area contributed by atoms with Crippen LogP contribution in [-0.4, -0.2) is 30.4 Å². The number of benzene rings is 2. The van der Waals surface area contributed by atoms with Gasteiger partial charge in [-0.05, 0) is 66.6 Å². The van der Waals surface area contributed by atoms with Crippen LogP contribution in [0.2, 0.25) is 0 Å². The maximum atomic E-state index is 14.0. The van der Waals surface area contributed by atoms with E-state index in [1.807, 2.05) is 24.3 Å². The molecule has 4 rings (SSSR count). The number of hydrogen-bond acceptors (Lipinski definition) is 5. The van der Waals surface area contributed by atoms with E-state index in [4.69, 9.17) is 9.47 Å². The number of allylic oxidation sites excluding steroid dienone is 1. The second kappa shape index (κ2) is 11.0. The number of nitrogens with one attached hydrogen (secondary N) is 1. The molecule has 1 amide bonds. The van der Waals surface area contributed by atoms with Crippen molar-refractivity contribution in [3.05, 3.63) is 83.3 Å². The van der Waals surface area contributed by atoms with Gasteiger partial charge >= 0.3 is 0 Å². The van der Waals surface area contributed by atoms with Gasteiger partial charge in [0.05, 0.1) is 13.7 Å². The predicted molar refractivity (Wildman–Crippen MR) is 132 cm³/mol. The number of hydrogen-bond donors (Lipinski definition) is 1. The van der Waals surface area contributed by atoms with Crippen molar-refractivity contribution in [3.63, 3.8) is 0 Å². The fraction of sp³-hybridized carbons (Fsp3) is 0.250. The molecule has 180 valence electrons. The molecule has 1 N–H and O–H groups in total. The summed E-state index contributed by atoms with van der Waals surface area (Å²) in [6, 6.07) is 13.8. The zero-order chi connectivity index (χ0) is 24.8. The molecule has 3 aromatic rings. The summed E-state index contributed by atoms with van der Waals surface area (Å²) >= 11 is 0. The van der Waals surface area contributed by atoms with Gasteiger partial charge in [-0.15, -0.1) is 0 Å². The van der Waals surface area contributed by atoms with Crippen LogP contribution in [0.3, 0.4) is 0 Å². The Morgan fingerprint density at radius 2 is 1.97 bits per heavy atom. The van der Waals surface area contributed by atoms with Crippen molar-refractivity contribution in [2.24, 2.45) is 5.92 Å². The normalized spacial score (nSPS) is 13.0. The number of aromatic nitrogens is 1. The highest BCUT2D eigenvalue weighted by atomic mass is 19.1. The van der Waals surface area contributed by atoms with Crippen molar-refractivity contribution in [1.29, 1.82) is 0 Å². The topological polar surface area (TPSA) is 77.5 Å². The Morgan fingerprint density at radius 3 is 2.69 bits per heavy atom. The maximum Gasteiger partial charge on any atom is 0.257 e. The van der Waals surface area contributed by atoms with E-state index >= 15 is 0 Å². The fourth-order valence-electron chi connectivity index (χ4n) is 3.57. The first-order valence-electron chi connectivity index (χ1n) is 11.5. The first-order chi connectivity index (χ1) is 16.9. The van der Waals surface area contributed by atoms with Crippen molar-refractivity contribution in [2.45, 2.75) is 26.3 Å². The quantitative estimate of drug-likeness (QED) is 0.408. The predicted octanol–water partition coefficient (Wildman–Crippen LogP) is 5.22. The molecule has 6 nitrogen and oxygen atoms in total. The minimum atomic E-state index is -0.494. The van der Waals surface area contributed by atoms with Crippen molar-refractivity contribution in [1.82, 2.24) is 10.3 Å². The van der Waals surface area contributed by atoms with Crippen LogP contribution in [0.1, 0.15) is 41.3 Å². The fourth-order valence-corrected chi connectivity index (χ4v) is 3.57. The molecule has 1 aromatic heterocycles. The minimum absolute atomic E-state index is 0.0585. The Morgan fingerprint density at radius 1 is 1.17 bits per heavy atom. The number of carbonyl (C=O) groups is 2. The molecule has 0 atom stereocenters. The third-order valence-corrected chi connectivity index (χ3v) is 5.69. The lowest BCUT2D eigenvalue weighted by atomic mass is 9.99. The molecular weight excluding hydrogens is 447 g/mol. The van der Waals surface area contributed by atoms with Crippen LogP contribution in [0.25, 0.3) is 17.2 Å². The summed E-state index contributed by atoms with van der Waals surface area (Å²) in [5, 5.41) is 2.83. The molecule has 1 saturated carbocycles. The lowest BCUT2D eigenvalue weighted by molar-refractivity contribution is -0.112. The molecule has 1 aliphatic rings. The van der Waals surface area contributed by atoms with E-state index in [1.165, 1.54) is 32.2 Å². The lowest BCUT2D eigenvalue weighted by Gasteiger charge is -2.14. The van der Waals surface area contributed by atoms with E-state index in [0.29, 0.717) is 29.2 Å². The van der Waals surface area contributed by atoms with E-state index in [2.05, 4.69) is 10.3 Å². The second-order valence-corrected chi connectivity index (χ2v) is 8.51. The number of ether oxygens (including phenoxy) is 2. The van der Waals surface area contributed by atoms with Gasteiger partial charge in [0.15, 0.2) is 17.3 Å². The number of pyridine rings is 1. The third kappa shape index (κ3) is 6.32. The molecule has 0 unspecified atom stereocenters. The van der Waals surface area contributed by atoms with E-state index < -0.39 is 5.82 Å². The van der Waals surface area contributed by atoms with E-state index in [1.54, 1.807) is 24.4 Å². The maximum absolute atomic E-state index is 14.0. The zero-order valence-corrected chi connectivity index (χ0v) is 19.7. The monoisotopic (exact) mass is 474 g/mol. The van der Waals surface area contributed by atoms with Crippen LogP contribution < -0.4 is 14.8 Å². The average molecular weight is 475 g/mol. The van der Waals surface area contributed by atoms with Gasteiger partial charge in [-0.1, -0.05) is 36.4 Å². The standard InChI is InChI=1S/C28H27FN2O4/c1-18(32)7-11-21-5-3-4-6-23(21)22-14-24(28(31-16-22)35-17-19-8-9-19)27(33)30-15-20-10-12-26(34-2)25(29)13-20/h3-7,10-14,16,19H,8-9,15,17H2,1-2H3,(H,30,33)/b11-7-. The molecular formula is C28H27FN2O4. The molecule has 0 bridgehead atoms. The van der Waals surface area contributed by atoms with E-state index in [-0.39, 0.29) is 29.9 Å². The molecule has 0 spiro atoms. The first kappa shape index (κ1) is 24.1. The molecule has 1 heterocycles. The summed E-state index contributed by atoms with van der Waals surface area (Å²) in [4.78, 5) is 29.1. The number of amides is 1. The van der Waals surface area contributed by atoms with Crippen molar-refractivity contribution in [3.8, 4) is 22.8 Å².